The van der Waals surface area contributed by atoms with Crippen molar-refractivity contribution in [3.63, 3.8) is 0 Å². The Kier molecular flexibility index (Phi) is 7.42. The van der Waals surface area contributed by atoms with Gasteiger partial charge in [-0.2, -0.15) is 0 Å². The van der Waals surface area contributed by atoms with Crippen LogP contribution in [0.3, 0.4) is 0 Å². The highest BCUT2D eigenvalue weighted by Crippen LogP contribution is 2.35. The molecule has 2 amide bonds. The average Bonchev–Trinajstić information content (AvgIpc) is 3.37. The number of hydrogen-bond donors (Lipinski definition) is 1. The number of hydrogen-bond acceptors (Lipinski definition) is 3. The SMILES string of the molecule is O=C(NCCc1ccccn1)c1ccc2n1Cc1ccccc1N(C(=O)c1ccc(-c3cccc4ccccc34)c(Cl)c1)C2. The molecule has 216 valence electrons. The Morgan fingerprint density at radius 3 is 2.48 bits per heavy atom. The molecule has 0 saturated carbocycles. The first kappa shape index (κ1) is 27.6. The van der Waals surface area contributed by atoms with E-state index in [-0.39, 0.29) is 11.8 Å². The maximum atomic E-state index is 14.1. The molecule has 2 aromatic heterocycles. The van der Waals surface area contributed by atoms with Gasteiger partial charge in [0.25, 0.3) is 11.8 Å². The predicted molar refractivity (Wildman–Crippen MR) is 175 cm³/mol. The van der Waals surface area contributed by atoms with E-state index in [1.807, 2.05) is 89.5 Å². The van der Waals surface area contributed by atoms with Gasteiger partial charge in [0.15, 0.2) is 0 Å². The van der Waals surface area contributed by atoms with E-state index in [1.54, 1.807) is 17.2 Å². The number of amides is 2. The summed E-state index contributed by atoms with van der Waals surface area (Å²) >= 11 is 6.86. The van der Waals surface area contributed by atoms with Crippen LogP contribution in [0.25, 0.3) is 21.9 Å². The molecule has 1 aliphatic heterocycles. The molecule has 6 nitrogen and oxygen atoms in total. The number of carbonyl (C=O) groups is 2. The third-order valence-corrected chi connectivity index (χ3v) is 8.48. The molecule has 3 heterocycles. The first-order chi connectivity index (χ1) is 21.6. The van der Waals surface area contributed by atoms with Crippen LogP contribution in [0.15, 0.2) is 121 Å². The molecular formula is C37H29ClN4O2. The second-order valence-corrected chi connectivity index (χ2v) is 11.3. The predicted octanol–water partition coefficient (Wildman–Crippen LogP) is 7.54. The quantitative estimate of drug-likeness (QED) is 0.216. The molecule has 6 aromatic rings. The molecule has 0 aliphatic carbocycles. The maximum absolute atomic E-state index is 14.1. The summed E-state index contributed by atoms with van der Waals surface area (Å²) in [6.07, 6.45) is 2.40. The van der Waals surface area contributed by atoms with Crippen molar-refractivity contribution in [2.75, 3.05) is 11.4 Å². The molecule has 0 atom stereocenters. The number of nitrogens with one attached hydrogen (secondary N) is 1. The van der Waals surface area contributed by atoms with Crippen LogP contribution in [0.1, 0.15) is 37.8 Å². The number of halogens is 1. The third kappa shape index (κ3) is 5.25. The van der Waals surface area contributed by atoms with Gasteiger partial charge >= 0.3 is 0 Å². The van der Waals surface area contributed by atoms with Gasteiger partial charge in [-0.1, -0.05) is 84.4 Å². The molecule has 0 radical (unpaired) electrons. The van der Waals surface area contributed by atoms with Crippen molar-refractivity contribution in [1.29, 1.82) is 0 Å². The summed E-state index contributed by atoms with van der Waals surface area (Å²) in [5, 5.41) is 5.78. The fourth-order valence-electron chi connectivity index (χ4n) is 5.96. The topological polar surface area (TPSA) is 67.2 Å². The van der Waals surface area contributed by atoms with Crippen LogP contribution in [-0.2, 0) is 19.5 Å². The minimum Gasteiger partial charge on any atom is -0.350 e. The van der Waals surface area contributed by atoms with Crippen molar-refractivity contribution < 1.29 is 9.59 Å². The molecule has 1 aliphatic rings. The highest BCUT2D eigenvalue weighted by molar-refractivity contribution is 6.34. The van der Waals surface area contributed by atoms with Crippen LogP contribution in [-0.4, -0.2) is 27.9 Å². The number of rotatable bonds is 6. The lowest BCUT2D eigenvalue weighted by Crippen LogP contribution is -2.31. The van der Waals surface area contributed by atoms with Crippen molar-refractivity contribution in [1.82, 2.24) is 14.9 Å². The molecule has 0 bridgehead atoms. The maximum Gasteiger partial charge on any atom is 0.267 e. The number of carbonyl (C=O) groups excluding carboxylic acids is 2. The van der Waals surface area contributed by atoms with Gasteiger partial charge in [0, 0.05) is 52.4 Å². The van der Waals surface area contributed by atoms with E-state index in [1.165, 1.54) is 0 Å². The number of anilines is 1. The zero-order valence-electron chi connectivity index (χ0n) is 23.9. The molecular weight excluding hydrogens is 568 g/mol. The molecule has 4 aromatic carbocycles. The number of benzene rings is 4. The first-order valence-electron chi connectivity index (χ1n) is 14.6. The van der Waals surface area contributed by atoms with E-state index in [0.29, 0.717) is 42.3 Å². The average molecular weight is 597 g/mol. The van der Waals surface area contributed by atoms with Crippen LogP contribution in [0.5, 0.6) is 0 Å². The standard InChI is InChI=1S/C37H29ClN4O2/c38-33-22-26(15-17-32(33)31-13-7-10-25-8-1-3-12-30(25)31)37(44)42-24-29-16-18-35(41(29)23-27-9-2-4-14-34(27)42)36(43)40-21-19-28-11-5-6-20-39-28/h1-18,20,22H,19,21,23-24H2,(H,40,43). The normalized spacial score (nSPS) is 12.3. The van der Waals surface area contributed by atoms with Crippen LogP contribution in [0.4, 0.5) is 5.69 Å². The zero-order chi connectivity index (χ0) is 30.0. The molecule has 7 rings (SSSR count). The molecule has 0 spiro atoms. The smallest absolute Gasteiger partial charge is 0.267 e. The monoisotopic (exact) mass is 596 g/mol. The summed E-state index contributed by atoms with van der Waals surface area (Å²) in [5.74, 6) is -0.305. The van der Waals surface area contributed by atoms with Crippen molar-refractivity contribution in [3.8, 4) is 11.1 Å². The van der Waals surface area contributed by atoms with Crippen LogP contribution < -0.4 is 10.2 Å². The Morgan fingerprint density at radius 1 is 0.795 bits per heavy atom. The van der Waals surface area contributed by atoms with Crippen LogP contribution >= 0.6 is 11.6 Å². The highest BCUT2D eigenvalue weighted by Gasteiger charge is 2.27. The Bertz CT molecular complexity index is 2010. The number of nitrogens with zero attached hydrogens (tertiary/aromatic N) is 3. The summed E-state index contributed by atoms with van der Waals surface area (Å²) in [4.78, 5) is 33.5. The van der Waals surface area contributed by atoms with E-state index < -0.39 is 0 Å². The third-order valence-electron chi connectivity index (χ3n) is 8.17. The molecule has 0 unspecified atom stereocenters. The van der Waals surface area contributed by atoms with Crippen molar-refractivity contribution >= 4 is 39.9 Å². The summed E-state index contributed by atoms with van der Waals surface area (Å²) in [6.45, 7) is 1.28. The van der Waals surface area contributed by atoms with E-state index in [4.69, 9.17) is 11.6 Å². The largest absolute Gasteiger partial charge is 0.350 e. The summed E-state index contributed by atoms with van der Waals surface area (Å²) in [6, 6.07) is 37.2. The second kappa shape index (κ2) is 11.8. The summed E-state index contributed by atoms with van der Waals surface area (Å²) < 4.78 is 2.00. The first-order valence-corrected chi connectivity index (χ1v) is 15.0. The number of aromatic nitrogens is 2. The van der Waals surface area contributed by atoms with E-state index in [9.17, 15) is 9.59 Å². The van der Waals surface area contributed by atoms with Gasteiger partial charge in [-0.3, -0.25) is 14.6 Å². The van der Waals surface area contributed by atoms with Crippen molar-refractivity contribution in [2.45, 2.75) is 19.5 Å². The van der Waals surface area contributed by atoms with Gasteiger partial charge in [-0.05, 0) is 64.4 Å². The lowest BCUT2D eigenvalue weighted by Gasteiger charge is -2.23. The van der Waals surface area contributed by atoms with Gasteiger partial charge in [0.05, 0.1) is 13.1 Å². The number of pyridine rings is 1. The van der Waals surface area contributed by atoms with E-state index in [2.05, 4.69) is 34.6 Å². The van der Waals surface area contributed by atoms with Gasteiger partial charge < -0.3 is 14.8 Å². The Morgan fingerprint density at radius 2 is 1.61 bits per heavy atom. The fourth-order valence-corrected chi connectivity index (χ4v) is 6.25. The lowest BCUT2D eigenvalue weighted by atomic mass is 9.97. The van der Waals surface area contributed by atoms with Crippen LogP contribution in [0.2, 0.25) is 5.02 Å². The molecule has 0 fully saturated rings. The lowest BCUT2D eigenvalue weighted by molar-refractivity contribution is 0.0944. The summed E-state index contributed by atoms with van der Waals surface area (Å²) in [7, 11) is 0. The number of fused-ring (bicyclic) bond motifs is 3. The van der Waals surface area contributed by atoms with Gasteiger partial charge in [0.1, 0.15) is 5.69 Å². The van der Waals surface area contributed by atoms with Gasteiger partial charge in [-0.25, -0.2) is 0 Å². The van der Waals surface area contributed by atoms with Crippen molar-refractivity contribution in [2.24, 2.45) is 0 Å². The van der Waals surface area contributed by atoms with Crippen molar-refractivity contribution in [3.05, 3.63) is 155 Å². The van der Waals surface area contributed by atoms with Gasteiger partial charge in [0.2, 0.25) is 0 Å². The molecule has 0 saturated heterocycles. The zero-order valence-corrected chi connectivity index (χ0v) is 24.7. The number of para-hydroxylation sites is 1. The second-order valence-electron chi connectivity index (χ2n) is 10.9. The highest BCUT2D eigenvalue weighted by atomic mass is 35.5. The van der Waals surface area contributed by atoms with Crippen LogP contribution in [0, 0.1) is 0 Å². The van der Waals surface area contributed by atoms with E-state index >= 15 is 0 Å². The molecule has 7 heteroatoms. The fraction of sp³-hybridized carbons (Fsp3) is 0.108. The van der Waals surface area contributed by atoms with Gasteiger partial charge in [-0.15, -0.1) is 0 Å². The Balaban J connectivity index is 1.17. The minimum absolute atomic E-state index is 0.153. The van der Waals surface area contributed by atoms with E-state index in [0.717, 1.165) is 44.5 Å². The summed E-state index contributed by atoms with van der Waals surface area (Å²) in [5.41, 5.74) is 6.54. The Labute approximate surface area is 260 Å². The minimum atomic E-state index is -0.153. The molecule has 1 N–H and O–H groups in total. The molecule has 44 heavy (non-hydrogen) atoms. The Hall–Kier alpha value is -5.20.